The van der Waals surface area contributed by atoms with Crippen LogP contribution in [0, 0.1) is 6.92 Å². The molecule has 1 fully saturated rings. The van der Waals surface area contributed by atoms with Crippen LogP contribution < -0.4 is 20.9 Å². The molecule has 1 aromatic carbocycles. The molecule has 6 nitrogen and oxygen atoms in total. The van der Waals surface area contributed by atoms with Crippen molar-refractivity contribution in [1.82, 2.24) is 9.88 Å². The van der Waals surface area contributed by atoms with Crippen molar-refractivity contribution in [2.24, 2.45) is 0 Å². The number of benzene rings is 1. The molecule has 2 N–H and O–H groups in total. The molecule has 0 spiro atoms. The van der Waals surface area contributed by atoms with Crippen molar-refractivity contribution in [3.05, 3.63) is 58.0 Å². The Morgan fingerprint density at radius 2 is 1.82 bits per heavy atom. The first-order valence-corrected chi connectivity index (χ1v) is 8.84. The average molecular weight is 395 g/mol. The van der Waals surface area contributed by atoms with Gasteiger partial charge in [0.25, 0.3) is 11.5 Å². The minimum Gasteiger partial charge on any atom is -0.406 e. The summed E-state index contributed by atoms with van der Waals surface area (Å²) in [5.74, 6) is -0.995. The van der Waals surface area contributed by atoms with E-state index in [2.05, 4.69) is 15.4 Å². The maximum absolute atomic E-state index is 12.9. The first kappa shape index (κ1) is 19.9. The molecule has 1 amide bonds. The van der Waals surface area contributed by atoms with E-state index in [1.807, 2.05) is 0 Å². The molecule has 0 radical (unpaired) electrons. The van der Waals surface area contributed by atoms with Crippen LogP contribution in [0.5, 0.6) is 5.75 Å². The highest BCUT2D eigenvalue weighted by Crippen LogP contribution is 2.24. The smallest absolute Gasteiger partial charge is 0.406 e. The van der Waals surface area contributed by atoms with Crippen LogP contribution in [-0.4, -0.2) is 29.9 Å². The van der Waals surface area contributed by atoms with E-state index in [1.165, 1.54) is 12.1 Å². The Balaban J connectivity index is 1.79. The van der Waals surface area contributed by atoms with Crippen LogP contribution in [0.15, 0.2) is 41.3 Å². The van der Waals surface area contributed by atoms with Crippen molar-refractivity contribution in [3.8, 4) is 5.75 Å². The number of amides is 1. The molecule has 0 bridgehead atoms. The lowest BCUT2D eigenvalue weighted by atomic mass is 10.0. The number of ether oxygens (including phenoxy) is 1. The van der Waals surface area contributed by atoms with E-state index in [1.54, 1.807) is 23.8 Å². The van der Waals surface area contributed by atoms with Gasteiger partial charge in [0, 0.05) is 17.9 Å². The normalized spacial score (nSPS) is 15.3. The van der Waals surface area contributed by atoms with E-state index in [9.17, 15) is 22.8 Å². The van der Waals surface area contributed by atoms with Crippen LogP contribution >= 0.6 is 0 Å². The summed E-state index contributed by atoms with van der Waals surface area (Å²) in [6.45, 7) is 3.28. The number of aromatic nitrogens is 1. The predicted molar refractivity (Wildman–Crippen MR) is 97.7 cm³/mol. The molecule has 1 saturated heterocycles. The summed E-state index contributed by atoms with van der Waals surface area (Å²) >= 11 is 0. The molecule has 0 saturated carbocycles. The molecular weight excluding hydrogens is 375 g/mol. The number of aryl methyl sites for hydroxylation is 1. The highest BCUT2D eigenvalue weighted by molar-refractivity contribution is 6.05. The number of hydrogen-bond acceptors (Lipinski definition) is 4. The lowest BCUT2D eigenvalue weighted by molar-refractivity contribution is -0.274. The number of hydrogen-bond donors (Lipinski definition) is 2. The standard InChI is InChI=1S/C19H20F3N3O3/c1-12-8-11-25(14-6-9-23-10-7-14)18(27)16(12)17(26)24-13-2-4-15(5-3-13)28-19(20,21)22/h2-5,8,11,14,23H,6-7,9-10H2,1H3,(H,24,26). The van der Waals surface area contributed by atoms with Gasteiger partial charge in [-0.3, -0.25) is 9.59 Å². The van der Waals surface area contributed by atoms with Crippen molar-refractivity contribution in [1.29, 1.82) is 0 Å². The van der Waals surface area contributed by atoms with Crippen molar-refractivity contribution in [2.45, 2.75) is 32.2 Å². The minimum atomic E-state index is -4.79. The molecule has 1 aliphatic rings. The van der Waals surface area contributed by atoms with Gasteiger partial charge < -0.3 is 19.9 Å². The number of carbonyl (C=O) groups excluding carboxylic acids is 1. The number of pyridine rings is 1. The Hall–Kier alpha value is -2.81. The maximum atomic E-state index is 12.9. The van der Waals surface area contributed by atoms with E-state index in [0.29, 0.717) is 5.56 Å². The van der Waals surface area contributed by atoms with Gasteiger partial charge in [-0.15, -0.1) is 13.2 Å². The van der Waals surface area contributed by atoms with Gasteiger partial charge in [0.2, 0.25) is 0 Å². The molecule has 1 aliphatic heterocycles. The monoisotopic (exact) mass is 395 g/mol. The molecular formula is C19H20F3N3O3. The summed E-state index contributed by atoms with van der Waals surface area (Å²) in [5, 5.41) is 5.79. The number of carbonyl (C=O) groups is 1. The Morgan fingerprint density at radius 1 is 1.18 bits per heavy atom. The van der Waals surface area contributed by atoms with E-state index >= 15 is 0 Å². The zero-order chi connectivity index (χ0) is 20.3. The first-order valence-electron chi connectivity index (χ1n) is 8.84. The lowest BCUT2D eigenvalue weighted by Gasteiger charge is -2.25. The molecule has 2 aromatic rings. The number of nitrogens with zero attached hydrogens (tertiary/aromatic N) is 1. The summed E-state index contributed by atoms with van der Waals surface area (Å²) < 4.78 is 42.0. The molecule has 1 aromatic heterocycles. The number of piperidine rings is 1. The molecule has 28 heavy (non-hydrogen) atoms. The summed E-state index contributed by atoms with van der Waals surface area (Å²) in [6.07, 6.45) is -1.49. The number of rotatable bonds is 4. The van der Waals surface area contributed by atoms with Crippen molar-refractivity contribution < 1.29 is 22.7 Å². The van der Waals surface area contributed by atoms with Crippen LogP contribution in [-0.2, 0) is 0 Å². The Bertz CT molecular complexity index is 901. The fourth-order valence-corrected chi connectivity index (χ4v) is 3.22. The zero-order valence-corrected chi connectivity index (χ0v) is 15.2. The minimum absolute atomic E-state index is 0.0247. The highest BCUT2D eigenvalue weighted by atomic mass is 19.4. The van der Waals surface area contributed by atoms with E-state index in [0.717, 1.165) is 38.1 Å². The molecule has 0 unspecified atom stereocenters. The van der Waals surface area contributed by atoms with Crippen LogP contribution in [0.1, 0.15) is 34.8 Å². The SMILES string of the molecule is Cc1ccn(C2CCNCC2)c(=O)c1C(=O)Nc1ccc(OC(F)(F)F)cc1. The van der Waals surface area contributed by atoms with Gasteiger partial charge in [-0.2, -0.15) is 0 Å². The van der Waals surface area contributed by atoms with E-state index < -0.39 is 18.0 Å². The highest BCUT2D eigenvalue weighted by Gasteiger charge is 2.31. The average Bonchev–Trinajstić information content (AvgIpc) is 2.63. The van der Waals surface area contributed by atoms with Gasteiger partial charge in [0.1, 0.15) is 11.3 Å². The van der Waals surface area contributed by atoms with Crippen molar-refractivity contribution in [2.75, 3.05) is 18.4 Å². The summed E-state index contributed by atoms with van der Waals surface area (Å²) in [5.41, 5.74) is 0.443. The second-order valence-electron chi connectivity index (χ2n) is 6.59. The van der Waals surface area contributed by atoms with Gasteiger partial charge in [0.15, 0.2) is 0 Å². The van der Waals surface area contributed by atoms with Crippen molar-refractivity contribution >= 4 is 11.6 Å². The van der Waals surface area contributed by atoms with Crippen LogP contribution in [0.2, 0.25) is 0 Å². The van der Waals surface area contributed by atoms with Gasteiger partial charge in [-0.05, 0) is 68.8 Å². The first-order chi connectivity index (χ1) is 13.2. The summed E-state index contributed by atoms with van der Waals surface area (Å²) in [4.78, 5) is 25.5. The van der Waals surface area contributed by atoms with E-state index in [-0.39, 0.29) is 22.9 Å². The number of nitrogens with one attached hydrogen (secondary N) is 2. The largest absolute Gasteiger partial charge is 0.573 e. The van der Waals surface area contributed by atoms with Gasteiger partial charge in [0.05, 0.1) is 0 Å². The molecule has 0 aliphatic carbocycles. The summed E-state index contributed by atoms with van der Waals surface area (Å²) in [7, 11) is 0. The Morgan fingerprint density at radius 3 is 2.43 bits per heavy atom. The van der Waals surface area contributed by atoms with Gasteiger partial charge in [-0.25, -0.2) is 0 Å². The second-order valence-corrected chi connectivity index (χ2v) is 6.59. The molecule has 0 atom stereocenters. The van der Waals surface area contributed by atoms with Gasteiger partial charge in [-0.1, -0.05) is 0 Å². The third-order valence-electron chi connectivity index (χ3n) is 4.60. The zero-order valence-electron chi connectivity index (χ0n) is 15.2. The predicted octanol–water partition coefficient (Wildman–Crippen LogP) is 3.23. The van der Waals surface area contributed by atoms with Crippen molar-refractivity contribution in [3.63, 3.8) is 0 Å². The molecule has 3 rings (SSSR count). The Labute approximate surface area is 159 Å². The third-order valence-corrected chi connectivity index (χ3v) is 4.60. The number of alkyl halides is 3. The topological polar surface area (TPSA) is 72.4 Å². The van der Waals surface area contributed by atoms with Gasteiger partial charge >= 0.3 is 6.36 Å². The van der Waals surface area contributed by atoms with Crippen LogP contribution in [0.4, 0.5) is 18.9 Å². The summed E-state index contributed by atoms with van der Waals surface area (Å²) in [6, 6.07) is 6.49. The second kappa shape index (κ2) is 8.05. The molecule has 2 heterocycles. The fourth-order valence-electron chi connectivity index (χ4n) is 3.22. The fraction of sp³-hybridized carbons (Fsp3) is 0.368. The lowest BCUT2D eigenvalue weighted by Crippen LogP contribution is -2.37. The molecule has 9 heteroatoms. The molecule has 150 valence electrons. The van der Waals surface area contributed by atoms with Crippen LogP contribution in [0.25, 0.3) is 0 Å². The van der Waals surface area contributed by atoms with E-state index in [4.69, 9.17) is 0 Å². The quantitative estimate of drug-likeness (QED) is 0.834. The Kier molecular flexibility index (Phi) is 5.73. The van der Waals surface area contributed by atoms with Crippen LogP contribution in [0.3, 0.4) is 0 Å². The third kappa shape index (κ3) is 4.72. The number of anilines is 1. The maximum Gasteiger partial charge on any atom is 0.573 e. The number of halogens is 3.